The van der Waals surface area contributed by atoms with Crippen molar-refractivity contribution in [2.24, 2.45) is 11.8 Å². The van der Waals surface area contributed by atoms with Gasteiger partial charge < -0.3 is 0 Å². The van der Waals surface area contributed by atoms with E-state index in [1.807, 2.05) is 0 Å². The van der Waals surface area contributed by atoms with E-state index in [4.69, 9.17) is 0 Å². The standard InChI is InChI=1S/C13H28S2/c1-6-7-8-14-9-12(4)13(5)10-15-11(2)3/h11-13H,6-10H2,1-5H3. The second-order valence-electron chi connectivity index (χ2n) is 4.77. The Morgan fingerprint density at radius 3 is 2.07 bits per heavy atom. The van der Waals surface area contributed by atoms with Crippen LogP contribution in [0.1, 0.15) is 47.5 Å². The molecule has 2 atom stereocenters. The lowest BCUT2D eigenvalue weighted by molar-refractivity contribution is 0.472. The summed E-state index contributed by atoms with van der Waals surface area (Å²) in [7, 11) is 0. The van der Waals surface area contributed by atoms with E-state index in [0.717, 1.165) is 17.1 Å². The minimum absolute atomic E-state index is 0.785. The molecule has 0 nitrogen and oxygen atoms in total. The van der Waals surface area contributed by atoms with E-state index < -0.39 is 0 Å². The molecule has 0 fully saturated rings. The van der Waals surface area contributed by atoms with E-state index in [1.165, 1.54) is 30.1 Å². The molecule has 0 aromatic rings. The number of rotatable bonds is 9. The van der Waals surface area contributed by atoms with Crippen molar-refractivity contribution >= 4 is 23.5 Å². The summed E-state index contributed by atoms with van der Waals surface area (Å²) in [5.41, 5.74) is 0. The van der Waals surface area contributed by atoms with Crippen molar-refractivity contribution in [2.75, 3.05) is 17.3 Å². The SMILES string of the molecule is CCCCSCC(C)C(C)CSC(C)C. The molecule has 15 heavy (non-hydrogen) atoms. The molecule has 2 unspecified atom stereocenters. The first-order valence-corrected chi connectivity index (χ1v) is 8.47. The molecule has 2 heteroatoms. The van der Waals surface area contributed by atoms with Gasteiger partial charge in [0.05, 0.1) is 0 Å². The summed E-state index contributed by atoms with van der Waals surface area (Å²) in [4.78, 5) is 0. The predicted molar refractivity (Wildman–Crippen MR) is 78.2 cm³/mol. The average Bonchev–Trinajstić information content (AvgIpc) is 2.20. The van der Waals surface area contributed by atoms with Gasteiger partial charge in [0, 0.05) is 0 Å². The van der Waals surface area contributed by atoms with Gasteiger partial charge in [-0.15, -0.1) is 0 Å². The quantitative estimate of drug-likeness (QED) is 0.530. The van der Waals surface area contributed by atoms with E-state index in [0.29, 0.717) is 0 Å². The molecule has 0 saturated heterocycles. The maximum absolute atomic E-state index is 2.41. The molecule has 0 aromatic heterocycles. The Balaban J connectivity index is 3.46. The van der Waals surface area contributed by atoms with Crippen LogP contribution in [0.2, 0.25) is 0 Å². The number of unbranched alkanes of at least 4 members (excludes halogenated alkanes) is 1. The highest BCUT2D eigenvalue weighted by atomic mass is 32.2. The van der Waals surface area contributed by atoms with E-state index in [-0.39, 0.29) is 0 Å². The van der Waals surface area contributed by atoms with E-state index in [9.17, 15) is 0 Å². The summed E-state index contributed by atoms with van der Waals surface area (Å²) in [6, 6.07) is 0. The molecule has 0 bridgehead atoms. The first kappa shape index (κ1) is 15.7. The smallest absolute Gasteiger partial charge is 0.000958 e. The maximum atomic E-state index is 2.41. The van der Waals surface area contributed by atoms with Crippen LogP contribution in [-0.2, 0) is 0 Å². The zero-order valence-corrected chi connectivity index (χ0v) is 12.7. The highest BCUT2D eigenvalue weighted by Crippen LogP contribution is 2.23. The molecular weight excluding hydrogens is 220 g/mol. The Hall–Kier alpha value is 0.700. The summed E-state index contributed by atoms with van der Waals surface area (Å²) in [5, 5.41) is 0.785. The normalized spacial score (nSPS) is 15.6. The van der Waals surface area contributed by atoms with Crippen molar-refractivity contribution in [2.45, 2.75) is 52.7 Å². The van der Waals surface area contributed by atoms with E-state index in [1.54, 1.807) is 0 Å². The topological polar surface area (TPSA) is 0 Å². The Kier molecular flexibility index (Phi) is 10.4. The van der Waals surface area contributed by atoms with Gasteiger partial charge in [-0.2, -0.15) is 23.5 Å². The average molecular weight is 249 g/mol. The Labute approximate surface area is 105 Å². The predicted octanol–water partition coefficient (Wildman–Crippen LogP) is 4.93. The van der Waals surface area contributed by atoms with Crippen LogP contribution in [0, 0.1) is 11.8 Å². The minimum atomic E-state index is 0.785. The largest absolute Gasteiger partial charge is 0.162 e. The van der Waals surface area contributed by atoms with Crippen LogP contribution in [0.4, 0.5) is 0 Å². The zero-order valence-electron chi connectivity index (χ0n) is 11.1. The molecule has 0 aromatic carbocycles. The summed E-state index contributed by atoms with van der Waals surface area (Å²) < 4.78 is 0. The van der Waals surface area contributed by atoms with Crippen molar-refractivity contribution in [3.63, 3.8) is 0 Å². The van der Waals surface area contributed by atoms with Crippen LogP contribution in [-0.4, -0.2) is 22.5 Å². The van der Waals surface area contributed by atoms with Crippen molar-refractivity contribution in [3.8, 4) is 0 Å². The molecule has 0 spiro atoms. The van der Waals surface area contributed by atoms with Gasteiger partial charge in [-0.05, 0) is 40.8 Å². The van der Waals surface area contributed by atoms with E-state index >= 15 is 0 Å². The molecule has 0 aliphatic carbocycles. The molecule has 0 aliphatic rings. The fraction of sp³-hybridized carbons (Fsp3) is 1.00. The Bertz CT molecular complexity index is 134. The van der Waals surface area contributed by atoms with Gasteiger partial charge in [0.2, 0.25) is 0 Å². The van der Waals surface area contributed by atoms with Crippen molar-refractivity contribution in [1.29, 1.82) is 0 Å². The lowest BCUT2D eigenvalue weighted by atomic mass is 10.0. The maximum Gasteiger partial charge on any atom is -0.000958 e. The molecule has 0 rings (SSSR count). The molecule has 0 N–H and O–H groups in total. The lowest BCUT2D eigenvalue weighted by Crippen LogP contribution is -2.14. The summed E-state index contributed by atoms with van der Waals surface area (Å²) in [6.07, 6.45) is 2.71. The van der Waals surface area contributed by atoms with Crippen molar-refractivity contribution in [1.82, 2.24) is 0 Å². The molecule has 0 amide bonds. The van der Waals surface area contributed by atoms with Crippen molar-refractivity contribution in [3.05, 3.63) is 0 Å². The van der Waals surface area contributed by atoms with Crippen molar-refractivity contribution < 1.29 is 0 Å². The highest BCUT2D eigenvalue weighted by Gasteiger charge is 2.12. The van der Waals surface area contributed by atoms with Gasteiger partial charge in [-0.1, -0.05) is 41.0 Å². The fourth-order valence-corrected chi connectivity index (χ4v) is 3.57. The second kappa shape index (κ2) is 9.89. The molecule has 0 heterocycles. The van der Waals surface area contributed by atoms with Gasteiger partial charge in [-0.25, -0.2) is 0 Å². The van der Waals surface area contributed by atoms with Crippen LogP contribution in [0.5, 0.6) is 0 Å². The lowest BCUT2D eigenvalue weighted by Gasteiger charge is -2.20. The summed E-state index contributed by atoms with van der Waals surface area (Å²) >= 11 is 4.24. The van der Waals surface area contributed by atoms with Gasteiger partial charge in [0.25, 0.3) is 0 Å². The minimum Gasteiger partial charge on any atom is -0.162 e. The van der Waals surface area contributed by atoms with Crippen LogP contribution in [0.25, 0.3) is 0 Å². The van der Waals surface area contributed by atoms with Gasteiger partial charge in [0.15, 0.2) is 0 Å². The molecule has 0 aliphatic heterocycles. The third kappa shape index (κ3) is 9.62. The van der Waals surface area contributed by atoms with Crippen LogP contribution in [0.15, 0.2) is 0 Å². The number of thioether (sulfide) groups is 2. The summed E-state index contributed by atoms with van der Waals surface area (Å²) in [5.74, 6) is 5.77. The molecular formula is C13H28S2. The Morgan fingerprint density at radius 1 is 0.933 bits per heavy atom. The van der Waals surface area contributed by atoms with Crippen LogP contribution < -0.4 is 0 Å². The molecule has 0 saturated carbocycles. The highest BCUT2D eigenvalue weighted by molar-refractivity contribution is 8.00. The van der Waals surface area contributed by atoms with Gasteiger partial charge in [-0.3, -0.25) is 0 Å². The summed E-state index contributed by atoms with van der Waals surface area (Å²) in [6.45, 7) is 11.7. The van der Waals surface area contributed by atoms with Gasteiger partial charge in [0.1, 0.15) is 0 Å². The molecule has 92 valence electrons. The number of hydrogen-bond acceptors (Lipinski definition) is 2. The third-order valence-corrected chi connectivity index (χ3v) is 5.41. The van der Waals surface area contributed by atoms with Gasteiger partial charge >= 0.3 is 0 Å². The monoisotopic (exact) mass is 248 g/mol. The third-order valence-electron chi connectivity index (χ3n) is 2.69. The first-order chi connectivity index (χ1) is 7.07. The second-order valence-corrected chi connectivity index (χ2v) is 7.52. The molecule has 0 radical (unpaired) electrons. The van der Waals surface area contributed by atoms with Crippen LogP contribution >= 0.6 is 23.5 Å². The fourth-order valence-electron chi connectivity index (χ4n) is 1.19. The first-order valence-electron chi connectivity index (χ1n) is 6.27. The van der Waals surface area contributed by atoms with Crippen LogP contribution in [0.3, 0.4) is 0 Å². The Morgan fingerprint density at radius 2 is 1.53 bits per heavy atom. The number of hydrogen-bond donors (Lipinski definition) is 0. The zero-order chi connectivity index (χ0) is 11.7. The van der Waals surface area contributed by atoms with E-state index in [2.05, 4.69) is 58.1 Å².